The Labute approximate surface area is 188 Å². The highest BCUT2D eigenvalue weighted by Gasteiger charge is 2.06. The summed E-state index contributed by atoms with van der Waals surface area (Å²) < 4.78 is 5.92. The molecule has 0 fully saturated rings. The lowest BCUT2D eigenvalue weighted by molar-refractivity contribution is -0.136. The molecule has 0 amide bonds. The van der Waals surface area contributed by atoms with Crippen LogP contribution in [-0.2, 0) is 22.6 Å². The van der Waals surface area contributed by atoms with Gasteiger partial charge in [-0.3, -0.25) is 4.79 Å². The number of aryl methyl sites for hydroxylation is 1. The highest BCUT2D eigenvalue weighted by molar-refractivity contribution is 6.01. The topological polar surface area (TPSA) is 80.2 Å². The molecule has 0 spiro atoms. The summed E-state index contributed by atoms with van der Waals surface area (Å²) in [7, 11) is 0. The number of aliphatic carboxylic acids is 1. The van der Waals surface area contributed by atoms with Gasteiger partial charge in [0.2, 0.25) is 0 Å². The van der Waals surface area contributed by atoms with Crippen molar-refractivity contribution in [3.8, 4) is 5.75 Å². The van der Waals surface area contributed by atoms with Crippen LogP contribution in [0.4, 0.5) is 5.69 Å². The van der Waals surface area contributed by atoms with Crippen molar-refractivity contribution in [2.24, 2.45) is 5.16 Å². The Morgan fingerprint density at radius 1 is 0.938 bits per heavy atom. The Balaban J connectivity index is 1.50. The predicted octanol–water partition coefficient (Wildman–Crippen LogP) is 5.14. The van der Waals surface area contributed by atoms with Crippen LogP contribution in [0.5, 0.6) is 5.75 Å². The van der Waals surface area contributed by atoms with Crippen LogP contribution < -0.4 is 10.1 Å². The normalized spacial score (nSPS) is 11.1. The number of nitrogens with one attached hydrogen (secondary N) is 1. The molecule has 0 aliphatic heterocycles. The summed E-state index contributed by atoms with van der Waals surface area (Å²) in [6, 6.07) is 25.6. The summed E-state index contributed by atoms with van der Waals surface area (Å²) in [5, 5.41) is 16.3. The molecular formula is C26H28N2O4. The second-order valence-electron chi connectivity index (χ2n) is 7.20. The minimum atomic E-state index is -0.780. The molecule has 0 radical (unpaired) electrons. The van der Waals surface area contributed by atoms with E-state index in [4.69, 9.17) is 14.7 Å². The van der Waals surface area contributed by atoms with E-state index in [2.05, 4.69) is 10.5 Å². The van der Waals surface area contributed by atoms with Gasteiger partial charge in [-0.05, 0) is 48.7 Å². The molecule has 0 aromatic heterocycles. The van der Waals surface area contributed by atoms with Gasteiger partial charge in [0, 0.05) is 24.2 Å². The Morgan fingerprint density at radius 2 is 1.62 bits per heavy atom. The number of rotatable bonds is 12. The number of carbonyl (C=O) groups is 1. The van der Waals surface area contributed by atoms with E-state index in [-0.39, 0.29) is 6.42 Å². The van der Waals surface area contributed by atoms with E-state index in [1.54, 1.807) is 0 Å². The number of ether oxygens (including phenoxy) is 1. The van der Waals surface area contributed by atoms with Crippen molar-refractivity contribution in [3.63, 3.8) is 0 Å². The van der Waals surface area contributed by atoms with E-state index in [1.807, 2.05) is 85.8 Å². The fraction of sp³-hybridized carbons (Fsp3) is 0.231. The van der Waals surface area contributed by atoms with E-state index in [1.165, 1.54) is 0 Å². The van der Waals surface area contributed by atoms with Crippen molar-refractivity contribution < 1.29 is 19.5 Å². The van der Waals surface area contributed by atoms with Gasteiger partial charge in [-0.1, -0.05) is 59.8 Å². The quantitative estimate of drug-likeness (QED) is 0.306. The van der Waals surface area contributed by atoms with Crippen LogP contribution >= 0.6 is 0 Å². The van der Waals surface area contributed by atoms with Crippen LogP contribution in [0, 0.1) is 0 Å². The first kappa shape index (κ1) is 22.9. The van der Waals surface area contributed by atoms with E-state index < -0.39 is 5.97 Å². The average molecular weight is 433 g/mol. The van der Waals surface area contributed by atoms with Gasteiger partial charge in [0.25, 0.3) is 0 Å². The van der Waals surface area contributed by atoms with Crippen molar-refractivity contribution in [2.75, 3.05) is 18.5 Å². The summed E-state index contributed by atoms with van der Waals surface area (Å²) in [5.74, 6) is -0.0193. The molecule has 3 aromatic rings. The van der Waals surface area contributed by atoms with Crippen molar-refractivity contribution in [2.45, 2.75) is 26.3 Å². The first-order chi connectivity index (χ1) is 15.6. The molecule has 0 aliphatic carbocycles. The van der Waals surface area contributed by atoms with Gasteiger partial charge < -0.3 is 20.0 Å². The number of carboxylic acids is 1. The maximum atomic E-state index is 10.7. The molecular weight excluding hydrogens is 404 g/mol. The van der Waals surface area contributed by atoms with Gasteiger partial charge in [-0.15, -0.1) is 0 Å². The van der Waals surface area contributed by atoms with E-state index in [0.717, 1.165) is 33.8 Å². The molecule has 3 aromatic carbocycles. The van der Waals surface area contributed by atoms with Gasteiger partial charge >= 0.3 is 5.97 Å². The number of benzene rings is 3. The molecule has 0 aliphatic rings. The maximum absolute atomic E-state index is 10.7. The van der Waals surface area contributed by atoms with Crippen molar-refractivity contribution in [3.05, 3.63) is 95.6 Å². The van der Waals surface area contributed by atoms with Crippen LogP contribution in [-0.4, -0.2) is 30.0 Å². The largest absolute Gasteiger partial charge is 0.487 e. The summed E-state index contributed by atoms with van der Waals surface area (Å²) in [6.07, 6.45) is 0.684. The van der Waals surface area contributed by atoms with Crippen LogP contribution in [0.1, 0.15) is 30.0 Å². The van der Waals surface area contributed by atoms with Crippen LogP contribution in [0.15, 0.2) is 84.0 Å². The molecule has 32 heavy (non-hydrogen) atoms. The Bertz CT molecular complexity index is 1000. The molecule has 0 saturated carbocycles. The lowest BCUT2D eigenvalue weighted by Crippen LogP contribution is -2.13. The second-order valence-corrected chi connectivity index (χ2v) is 7.20. The number of hydrogen-bond donors (Lipinski definition) is 2. The number of nitrogens with zero attached hydrogens (tertiary/aromatic N) is 1. The van der Waals surface area contributed by atoms with Crippen LogP contribution in [0.2, 0.25) is 0 Å². The summed E-state index contributed by atoms with van der Waals surface area (Å²) in [5.41, 5.74) is 4.84. The first-order valence-corrected chi connectivity index (χ1v) is 10.6. The maximum Gasteiger partial charge on any atom is 0.303 e. The zero-order chi connectivity index (χ0) is 22.6. The van der Waals surface area contributed by atoms with Gasteiger partial charge in [0.15, 0.2) is 0 Å². The molecule has 0 heterocycles. The smallest absolute Gasteiger partial charge is 0.303 e. The zero-order valence-corrected chi connectivity index (χ0v) is 18.2. The van der Waals surface area contributed by atoms with Crippen molar-refractivity contribution in [1.29, 1.82) is 0 Å². The molecule has 0 unspecified atom stereocenters. The fourth-order valence-corrected chi connectivity index (χ4v) is 3.04. The Morgan fingerprint density at radius 3 is 2.28 bits per heavy atom. The summed E-state index contributed by atoms with van der Waals surface area (Å²) in [6.45, 7) is 3.39. The minimum absolute atomic E-state index is 0.144. The average Bonchev–Trinajstić information content (AvgIpc) is 2.83. The van der Waals surface area contributed by atoms with Gasteiger partial charge in [0.1, 0.15) is 24.7 Å². The molecule has 3 rings (SSSR count). The van der Waals surface area contributed by atoms with Crippen molar-refractivity contribution >= 4 is 17.4 Å². The molecule has 6 nitrogen and oxygen atoms in total. The standard InChI is InChI=1S/C26H28N2O4/c1-2-32-28-25(22-6-4-3-5-7-22)19-31-24-15-10-21(11-16-24)18-27-23-13-8-20(9-14-23)12-17-26(29)30/h3-11,13-16,27H,2,12,17-19H2,1H3,(H,29,30)/b28-25+. The number of anilines is 1. The Hall–Kier alpha value is -3.80. The molecule has 6 heteroatoms. The number of carboxylic acid groups (broad SMARTS) is 1. The first-order valence-electron chi connectivity index (χ1n) is 10.6. The Kier molecular flexibility index (Phi) is 8.69. The van der Waals surface area contributed by atoms with Gasteiger partial charge in [-0.25, -0.2) is 0 Å². The molecule has 0 atom stereocenters. The third-order valence-electron chi connectivity index (χ3n) is 4.79. The monoisotopic (exact) mass is 432 g/mol. The van der Waals surface area contributed by atoms with E-state index in [0.29, 0.717) is 26.2 Å². The molecule has 166 valence electrons. The van der Waals surface area contributed by atoms with Crippen molar-refractivity contribution in [1.82, 2.24) is 0 Å². The van der Waals surface area contributed by atoms with Gasteiger partial charge in [-0.2, -0.15) is 0 Å². The van der Waals surface area contributed by atoms with Crippen LogP contribution in [0.25, 0.3) is 0 Å². The highest BCUT2D eigenvalue weighted by atomic mass is 16.6. The number of hydrogen-bond acceptors (Lipinski definition) is 5. The second kappa shape index (κ2) is 12.2. The van der Waals surface area contributed by atoms with E-state index in [9.17, 15) is 4.79 Å². The molecule has 0 saturated heterocycles. The zero-order valence-electron chi connectivity index (χ0n) is 18.2. The van der Waals surface area contributed by atoms with E-state index >= 15 is 0 Å². The van der Waals surface area contributed by atoms with Crippen LogP contribution in [0.3, 0.4) is 0 Å². The third-order valence-corrected chi connectivity index (χ3v) is 4.79. The lowest BCUT2D eigenvalue weighted by atomic mass is 10.1. The third kappa shape index (κ3) is 7.47. The SMILES string of the molecule is CCO/N=C(\COc1ccc(CNc2ccc(CCC(=O)O)cc2)cc1)c1ccccc1. The summed E-state index contributed by atoms with van der Waals surface area (Å²) >= 11 is 0. The summed E-state index contributed by atoms with van der Waals surface area (Å²) in [4.78, 5) is 15.9. The predicted molar refractivity (Wildman–Crippen MR) is 126 cm³/mol. The fourth-order valence-electron chi connectivity index (χ4n) is 3.04. The lowest BCUT2D eigenvalue weighted by Gasteiger charge is -2.11. The molecule has 2 N–H and O–H groups in total. The number of oxime groups is 1. The molecule has 0 bridgehead atoms. The minimum Gasteiger partial charge on any atom is -0.487 e. The van der Waals surface area contributed by atoms with Gasteiger partial charge in [0.05, 0.1) is 0 Å². The highest BCUT2D eigenvalue weighted by Crippen LogP contribution is 2.16.